The predicted molar refractivity (Wildman–Crippen MR) is 239 cm³/mol. The van der Waals surface area contributed by atoms with Gasteiger partial charge in [0.15, 0.2) is 5.13 Å². The number of thioether (sulfide) groups is 1. The minimum atomic E-state index is -0.748. The summed E-state index contributed by atoms with van der Waals surface area (Å²) < 4.78 is 6.88. The minimum Gasteiger partial charge on any atom is -0.444 e. The lowest BCUT2D eigenvalue weighted by Crippen LogP contribution is -2.57. The number of hydrogen-bond acceptors (Lipinski definition) is 12. The van der Waals surface area contributed by atoms with E-state index in [9.17, 15) is 19.2 Å². The summed E-state index contributed by atoms with van der Waals surface area (Å²) in [7, 11) is 0. The predicted octanol–water partition coefficient (Wildman–Crippen LogP) is 7.81. The molecule has 13 nitrogen and oxygen atoms in total. The van der Waals surface area contributed by atoms with Crippen LogP contribution in [0.4, 0.5) is 5.13 Å². The fourth-order valence-electron chi connectivity index (χ4n) is 7.50. The smallest absolute Gasteiger partial charge is 0.246 e. The topological polar surface area (TPSA) is 163 Å². The summed E-state index contributed by atoms with van der Waals surface area (Å²) in [4.78, 5) is 72.0. The van der Waals surface area contributed by atoms with Crippen molar-refractivity contribution in [1.82, 2.24) is 35.4 Å². The van der Waals surface area contributed by atoms with Crippen LogP contribution in [0.5, 0.6) is 0 Å². The van der Waals surface area contributed by atoms with E-state index in [1.807, 2.05) is 57.5 Å². The highest BCUT2D eigenvalue weighted by atomic mass is 32.2. The number of thiazole rings is 2. The van der Waals surface area contributed by atoms with E-state index < -0.39 is 17.5 Å². The van der Waals surface area contributed by atoms with Crippen LogP contribution in [0.1, 0.15) is 109 Å². The standard InChI is InChI=1S/C44H60N8O5S3/c1-28-37(59-27-48-28)30-15-13-29(14-16-30)23-46-40(55)32-11-10-20-52(32)41(56)38(44(5,6)7)49-34(53)12-8-9-19-51-21-17-31(18-22-51)39(54)50-42-47-25-36(60-42)58-26-35-45-24-33(57-35)43(2,3)4/h13-16,24-25,27,31-32,38H,8-12,17-23,26H2,1-7H3,(H,46,55)(H,49,53)(H,47,50,54). The van der Waals surface area contributed by atoms with Crippen molar-refractivity contribution in [2.75, 3.05) is 31.5 Å². The second kappa shape index (κ2) is 20.2. The Morgan fingerprint density at radius 1 is 0.933 bits per heavy atom. The fourth-order valence-corrected chi connectivity index (χ4v) is 10.0. The summed E-state index contributed by atoms with van der Waals surface area (Å²) in [6.07, 6.45) is 8.27. The number of anilines is 1. The molecule has 2 aliphatic rings. The number of piperidine rings is 1. The molecule has 6 rings (SSSR count). The molecule has 2 fully saturated rings. The van der Waals surface area contributed by atoms with Crippen molar-refractivity contribution in [3.8, 4) is 10.4 Å². The molecule has 0 saturated carbocycles. The summed E-state index contributed by atoms with van der Waals surface area (Å²) in [5, 5.41) is 9.69. The quantitative estimate of drug-likeness (QED) is 0.0748. The van der Waals surface area contributed by atoms with Gasteiger partial charge in [-0.05, 0) is 81.6 Å². The molecule has 5 heterocycles. The van der Waals surface area contributed by atoms with Crippen LogP contribution in [0, 0.1) is 18.3 Å². The van der Waals surface area contributed by atoms with Gasteiger partial charge in [-0.1, -0.05) is 77.1 Å². The first-order valence-corrected chi connectivity index (χ1v) is 23.7. The van der Waals surface area contributed by atoms with Crippen LogP contribution in [0.15, 0.2) is 50.8 Å². The van der Waals surface area contributed by atoms with Gasteiger partial charge in [0.25, 0.3) is 0 Å². The number of unbranched alkanes of at least 4 members (excludes halogenated alkanes) is 1. The van der Waals surface area contributed by atoms with Gasteiger partial charge in [-0.15, -0.1) is 23.1 Å². The number of aryl methyl sites for hydroxylation is 1. The Labute approximate surface area is 366 Å². The van der Waals surface area contributed by atoms with Crippen molar-refractivity contribution >= 4 is 63.2 Å². The van der Waals surface area contributed by atoms with Crippen molar-refractivity contribution in [3.63, 3.8) is 0 Å². The van der Waals surface area contributed by atoms with Gasteiger partial charge in [0.05, 0.1) is 38.4 Å². The molecule has 3 aromatic heterocycles. The number of rotatable bonds is 16. The van der Waals surface area contributed by atoms with E-state index in [0.717, 1.165) is 77.0 Å². The third-order valence-corrected chi connectivity index (χ3v) is 14.2. The van der Waals surface area contributed by atoms with Gasteiger partial charge >= 0.3 is 0 Å². The van der Waals surface area contributed by atoms with Crippen molar-refractivity contribution in [2.24, 2.45) is 11.3 Å². The molecule has 2 unspecified atom stereocenters. The van der Waals surface area contributed by atoms with Crippen LogP contribution < -0.4 is 16.0 Å². The van der Waals surface area contributed by atoms with E-state index in [4.69, 9.17) is 4.42 Å². The maximum Gasteiger partial charge on any atom is 0.246 e. The molecule has 2 aliphatic heterocycles. The molecule has 2 saturated heterocycles. The van der Waals surface area contributed by atoms with Crippen LogP contribution in [0.25, 0.3) is 10.4 Å². The molecule has 0 bridgehead atoms. The van der Waals surface area contributed by atoms with Gasteiger partial charge < -0.3 is 30.2 Å². The van der Waals surface area contributed by atoms with Crippen molar-refractivity contribution in [1.29, 1.82) is 0 Å². The zero-order chi connectivity index (χ0) is 43.0. The number of oxazole rings is 1. The Morgan fingerprint density at radius 3 is 2.35 bits per heavy atom. The molecule has 2 atom stereocenters. The van der Waals surface area contributed by atoms with E-state index in [-0.39, 0.29) is 35.0 Å². The third-order valence-electron chi connectivity index (χ3n) is 11.1. The number of benzene rings is 1. The highest BCUT2D eigenvalue weighted by molar-refractivity contribution is 8.00. The lowest BCUT2D eigenvalue weighted by molar-refractivity contribution is -0.144. The van der Waals surface area contributed by atoms with E-state index >= 15 is 0 Å². The Balaban J connectivity index is 0.881. The normalized spacial score (nSPS) is 17.1. The maximum absolute atomic E-state index is 14.0. The van der Waals surface area contributed by atoms with Crippen LogP contribution in [-0.2, 0) is 36.9 Å². The molecule has 4 aromatic rings. The van der Waals surface area contributed by atoms with Gasteiger partial charge in [-0.3, -0.25) is 19.2 Å². The van der Waals surface area contributed by atoms with Gasteiger partial charge in [-0.2, -0.15) is 0 Å². The molecular formula is C44H60N8O5S3. The van der Waals surface area contributed by atoms with Crippen molar-refractivity contribution in [2.45, 2.75) is 127 Å². The summed E-state index contributed by atoms with van der Waals surface area (Å²) in [6, 6.07) is 6.78. The second-order valence-corrected chi connectivity index (χ2v) is 21.1. The van der Waals surface area contributed by atoms with Crippen LogP contribution in [-0.4, -0.2) is 86.6 Å². The summed E-state index contributed by atoms with van der Waals surface area (Å²) >= 11 is 4.65. The summed E-state index contributed by atoms with van der Waals surface area (Å²) in [6.45, 7) is 17.4. The Kier molecular flexibility index (Phi) is 15.3. The number of aromatic nitrogens is 3. The van der Waals surface area contributed by atoms with Gasteiger partial charge in [0, 0.05) is 30.8 Å². The lowest BCUT2D eigenvalue weighted by Gasteiger charge is -2.35. The zero-order valence-corrected chi connectivity index (χ0v) is 38.4. The largest absolute Gasteiger partial charge is 0.444 e. The third kappa shape index (κ3) is 12.3. The Morgan fingerprint density at radius 2 is 1.68 bits per heavy atom. The second-order valence-electron chi connectivity index (χ2n) is 17.9. The van der Waals surface area contributed by atoms with Crippen LogP contribution in [0.3, 0.4) is 0 Å². The molecule has 4 amide bonds. The highest BCUT2D eigenvalue weighted by Crippen LogP contribution is 2.33. The van der Waals surface area contributed by atoms with E-state index in [2.05, 4.69) is 56.6 Å². The van der Waals surface area contributed by atoms with Gasteiger partial charge in [0.1, 0.15) is 17.8 Å². The van der Waals surface area contributed by atoms with Crippen LogP contribution >= 0.6 is 34.4 Å². The molecular weight excluding hydrogens is 817 g/mol. The van der Waals surface area contributed by atoms with Gasteiger partial charge in [0.2, 0.25) is 29.5 Å². The first kappa shape index (κ1) is 45.4. The number of nitrogens with one attached hydrogen (secondary N) is 3. The highest BCUT2D eigenvalue weighted by Gasteiger charge is 2.41. The number of carbonyl (C=O) groups is 4. The molecule has 3 N–H and O–H groups in total. The fraction of sp³-hybridized carbons (Fsp3) is 0.568. The number of hydrogen-bond donors (Lipinski definition) is 3. The molecule has 0 spiro atoms. The SMILES string of the molecule is Cc1ncsc1-c1ccc(CNC(=O)C2CCCN2C(=O)C(NC(=O)CCCCN2CCC(C(=O)Nc3ncc(SCc4ncc(C(C)(C)C)o4)s3)CC2)C(C)(C)C)cc1. The van der Waals surface area contributed by atoms with E-state index in [0.29, 0.717) is 49.1 Å². The molecule has 0 aliphatic carbocycles. The maximum atomic E-state index is 14.0. The van der Waals surface area contributed by atoms with Crippen molar-refractivity contribution in [3.05, 3.63) is 65.1 Å². The number of carbonyl (C=O) groups excluding carboxylic acids is 4. The van der Waals surface area contributed by atoms with Crippen molar-refractivity contribution < 1.29 is 23.6 Å². The van der Waals surface area contributed by atoms with E-state index in [1.165, 1.54) is 11.3 Å². The number of likely N-dealkylation sites (tertiary alicyclic amines) is 2. The van der Waals surface area contributed by atoms with E-state index in [1.54, 1.807) is 40.4 Å². The molecule has 1 aromatic carbocycles. The monoisotopic (exact) mass is 876 g/mol. The molecule has 16 heteroatoms. The summed E-state index contributed by atoms with van der Waals surface area (Å²) in [5.41, 5.74) is 4.28. The Hall–Kier alpha value is -4.12. The first-order chi connectivity index (χ1) is 28.5. The molecule has 60 heavy (non-hydrogen) atoms. The first-order valence-electron chi connectivity index (χ1n) is 21.0. The minimum absolute atomic E-state index is 0.00716. The number of nitrogens with zero attached hydrogens (tertiary/aromatic N) is 5. The average Bonchev–Trinajstić information content (AvgIpc) is 4.05. The van der Waals surface area contributed by atoms with Crippen LogP contribution in [0.2, 0.25) is 0 Å². The molecule has 324 valence electrons. The zero-order valence-electron chi connectivity index (χ0n) is 36.0. The summed E-state index contributed by atoms with van der Waals surface area (Å²) in [5.74, 6) is 1.52. The Bertz CT molecular complexity index is 2070. The average molecular weight is 877 g/mol. The van der Waals surface area contributed by atoms with Gasteiger partial charge in [-0.25, -0.2) is 15.0 Å². The molecule has 0 radical (unpaired) electrons. The number of amides is 4. The lowest BCUT2D eigenvalue weighted by atomic mass is 9.85.